The minimum atomic E-state index is -0.274. The first kappa shape index (κ1) is 21.6. The van der Waals surface area contributed by atoms with Gasteiger partial charge in [-0.15, -0.1) is 0 Å². The van der Waals surface area contributed by atoms with Crippen LogP contribution >= 0.6 is 0 Å². The van der Waals surface area contributed by atoms with Crippen molar-refractivity contribution in [3.8, 4) is 5.69 Å². The van der Waals surface area contributed by atoms with Crippen LogP contribution in [0, 0.1) is 6.92 Å². The Morgan fingerprint density at radius 1 is 0.941 bits per heavy atom. The second-order valence-electron chi connectivity index (χ2n) is 8.35. The highest BCUT2D eigenvalue weighted by Crippen LogP contribution is 2.17. The van der Waals surface area contributed by atoms with Crippen LogP contribution in [0.2, 0.25) is 0 Å². The molecule has 0 radical (unpaired) electrons. The van der Waals surface area contributed by atoms with Crippen molar-refractivity contribution in [2.24, 2.45) is 0 Å². The molecule has 0 spiro atoms. The summed E-state index contributed by atoms with van der Waals surface area (Å²) in [7, 11) is 0. The lowest BCUT2D eigenvalue weighted by Crippen LogP contribution is -2.50. The highest BCUT2D eigenvalue weighted by molar-refractivity contribution is 5.94. The number of carbonyl (C=O) groups is 1. The fourth-order valence-corrected chi connectivity index (χ4v) is 4.23. The second kappa shape index (κ2) is 9.30. The van der Waals surface area contributed by atoms with Gasteiger partial charge in [0.15, 0.2) is 0 Å². The number of amides is 1. The summed E-state index contributed by atoms with van der Waals surface area (Å²) in [5, 5.41) is 12.1. The molecule has 0 saturated carbocycles. The van der Waals surface area contributed by atoms with Crippen molar-refractivity contribution < 1.29 is 4.79 Å². The average Bonchev–Trinajstić information content (AvgIpc) is 3.36. The highest BCUT2D eigenvalue weighted by atomic mass is 16.2. The van der Waals surface area contributed by atoms with Crippen LogP contribution < -0.4 is 10.5 Å². The Balaban J connectivity index is 1.29. The van der Waals surface area contributed by atoms with E-state index in [0.717, 1.165) is 16.8 Å². The third kappa shape index (κ3) is 4.32. The topological polar surface area (TPSA) is 89.2 Å². The standard InChI is InChI=1S/C25H25N7O2/c1-19-7-5-8-20(17-19)18-31-12-6-11-22(24(31)34)23(33)29-13-15-30(16-14-29)25-26-27-28-32(25)21-9-3-2-4-10-21/h2-12,17H,13-16,18H2,1H3. The number of carbonyl (C=O) groups excluding carboxylic acids is 1. The Bertz CT molecular complexity index is 1350. The molecule has 1 aliphatic heterocycles. The van der Waals surface area contributed by atoms with Crippen LogP contribution in [-0.4, -0.2) is 61.8 Å². The molecular formula is C25H25N7O2. The van der Waals surface area contributed by atoms with E-state index in [4.69, 9.17) is 0 Å². The molecule has 1 amide bonds. The van der Waals surface area contributed by atoms with Gasteiger partial charge < -0.3 is 14.4 Å². The van der Waals surface area contributed by atoms with Crippen LogP contribution in [-0.2, 0) is 6.54 Å². The van der Waals surface area contributed by atoms with Gasteiger partial charge in [0, 0.05) is 32.4 Å². The smallest absolute Gasteiger partial charge is 0.263 e. The Morgan fingerprint density at radius 2 is 1.74 bits per heavy atom. The predicted octanol–water partition coefficient (Wildman–Crippen LogP) is 2.14. The number of hydrogen-bond acceptors (Lipinski definition) is 6. The number of pyridine rings is 1. The zero-order chi connectivity index (χ0) is 23.5. The van der Waals surface area contributed by atoms with Crippen molar-refractivity contribution in [2.75, 3.05) is 31.1 Å². The van der Waals surface area contributed by atoms with Gasteiger partial charge in [-0.2, -0.15) is 4.68 Å². The van der Waals surface area contributed by atoms with E-state index in [0.29, 0.717) is 38.7 Å². The molecule has 172 valence electrons. The van der Waals surface area contributed by atoms with Gasteiger partial charge in [-0.1, -0.05) is 53.1 Å². The number of nitrogens with zero attached hydrogens (tertiary/aromatic N) is 7. The maximum atomic E-state index is 13.2. The van der Waals surface area contributed by atoms with Crippen LogP contribution in [0.5, 0.6) is 0 Å². The van der Waals surface area contributed by atoms with Crippen LogP contribution in [0.1, 0.15) is 21.5 Å². The molecule has 2 aromatic carbocycles. The number of rotatable bonds is 5. The van der Waals surface area contributed by atoms with Gasteiger partial charge in [-0.3, -0.25) is 9.59 Å². The van der Waals surface area contributed by atoms with Crippen molar-refractivity contribution >= 4 is 11.9 Å². The summed E-state index contributed by atoms with van der Waals surface area (Å²) in [5.41, 5.74) is 2.95. The number of hydrogen-bond donors (Lipinski definition) is 0. The van der Waals surface area contributed by atoms with Crippen LogP contribution in [0.4, 0.5) is 5.95 Å². The van der Waals surface area contributed by atoms with Crippen molar-refractivity contribution in [3.05, 3.63) is 100.0 Å². The molecule has 1 aliphatic rings. The molecular weight excluding hydrogens is 430 g/mol. The molecule has 9 heteroatoms. The number of piperazine rings is 1. The first-order chi connectivity index (χ1) is 16.6. The number of para-hydroxylation sites is 1. The SMILES string of the molecule is Cc1cccc(Cn2cccc(C(=O)N3CCN(c4nnnn4-c4ccccc4)CC3)c2=O)c1. The molecule has 1 saturated heterocycles. The number of aryl methyl sites for hydroxylation is 1. The highest BCUT2D eigenvalue weighted by Gasteiger charge is 2.27. The Kier molecular flexibility index (Phi) is 5.90. The summed E-state index contributed by atoms with van der Waals surface area (Å²) in [6.07, 6.45) is 1.72. The lowest BCUT2D eigenvalue weighted by atomic mass is 10.1. The number of anilines is 1. The van der Waals surface area contributed by atoms with Gasteiger partial charge in [0.2, 0.25) is 5.95 Å². The fourth-order valence-electron chi connectivity index (χ4n) is 4.23. The number of aromatic nitrogens is 5. The monoisotopic (exact) mass is 455 g/mol. The van der Waals surface area contributed by atoms with Gasteiger partial charge in [0.05, 0.1) is 12.2 Å². The Morgan fingerprint density at radius 3 is 2.50 bits per heavy atom. The van der Waals surface area contributed by atoms with Crippen LogP contribution in [0.3, 0.4) is 0 Å². The van der Waals surface area contributed by atoms with E-state index in [9.17, 15) is 9.59 Å². The molecule has 2 aromatic heterocycles. The van der Waals surface area contributed by atoms with Gasteiger partial charge in [0.1, 0.15) is 5.56 Å². The summed E-state index contributed by atoms with van der Waals surface area (Å²) in [6, 6.07) is 21.1. The maximum absolute atomic E-state index is 13.2. The third-order valence-electron chi connectivity index (χ3n) is 5.99. The molecule has 3 heterocycles. The average molecular weight is 456 g/mol. The predicted molar refractivity (Wildman–Crippen MR) is 128 cm³/mol. The summed E-state index contributed by atoms with van der Waals surface area (Å²) < 4.78 is 3.28. The molecule has 5 rings (SSSR count). The van der Waals surface area contributed by atoms with Crippen LogP contribution in [0.15, 0.2) is 77.7 Å². The molecule has 0 bridgehead atoms. The van der Waals surface area contributed by atoms with Crippen molar-refractivity contribution in [3.63, 3.8) is 0 Å². The lowest BCUT2D eigenvalue weighted by Gasteiger charge is -2.34. The van der Waals surface area contributed by atoms with Crippen molar-refractivity contribution in [1.29, 1.82) is 0 Å². The van der Waals surface area contributed by atoms with E-state index >= 15 is 0 Å². The molecule has 4 aromatic rings. The van der Waals surface area contributed by atoms with E-state index in [2.05, 4.69) is 20.4 Å². The lowest BCUT2D eigenvalue weighted by molar-refractivity contribution is 0.0743. The number of benzene rings is 2. The quantitative estimate of drug-likeness (QED) is 0.458. The Hall–Kier alpha value is -4.27. The molecule has 0 N–H and O–H groups in total. The van der Waals surface area contributed by atoms with E-state index in [-0.39, 0.29) is 17.0 Å². The Labute approximate surface area is 196 Å². The third-order valence-corrected chi connectivity index (χ3v) is 5.99. The normalized spacial score (nSPS) is 13.8. The summed E-state index contributed by atoms with van der Waals surface area (Å²) in [4.78, 5) is 30.1. The number of tetrazole rings is 1. The minimum absolute atomic E-state index is 0.192. The largest absolute Gasteiger partial charge is 0.336 e. The molecule has 1 fully saturated rings. The van der Waals surface area contributed by atoms with E-state index in [1.165, 1.54) is 0 Å². The second-order valence-corrected chi connectivity index (χ2v) is 8.35. The summed E-state index contributed by atoms with van der Waals surface area (Å²) in [6.45, 7) is 4.55. The molecule has 9 nitrogen and oxygen atoms in total. The van der Waals surface area contributed by atoms with Gasteiger partial charge in [-0.25, -0.2) is 0 Å². The first-order valence-electron chi connectivity index (χ1n) is 11.2. The van der Waals surface area contributed by atoms with E-state index in [1.54, 1.807) is 32.5 Å². The summed E-state index contributed by atoms with van der Waals surface area (Å²) >= 11 is 0. The van der Waals surface area contributed by atoms with Gasteiger partial charge >= 0.3 is 0 Å². The van der Waals surface area contributed by atoms with Gasteiger partial charge in [0.25, 0.3) is 11.5 Å². The minimum Gasteiger partial charge on any atom is -0.336 e. The van der Waals surface area contributed by atoms with Crippen molar-refractivity contribution in [1.82, 2.24) is 29.7 Å². The first-order valence-corrected chi connectivity index (χ1v) is 11.2. The van der Waals surface area contributed by atoms with Gasteiger partial charge in [-0.05, 0) is 47.2 Å². The van der Waals surface area contributed by atoms with E-state index < -0.39 is 0 Å². The zero-order valence-electron chi connectivity index (χ0n) is 18.9. The zero-order valence-corrected chi connectivity index (χ0v) is 18.9. The maximum Gasteiger partial charge on any atom is 0.263 e. The molecule has 0 unspecified atom stereocenters. The van der Waals surface area contributed by atoms with Crippen molar-refractivity contribution in [2.45, 2.75) is 13.5 Å². The molecule has 0 aliphatic carbocycles. The fraction of sp³-hybridized carbons (Fsp3) is 0.240. The molecule has 34 heavy (non-hydrogen) atoms. The van der Waals surface area contributed by atoms with Crippen LogP contribution in [0.25, 0.3) is 5.69 Å². The summed E-state index contributed by atoms with van der Waals surface area (Å²) in [5.74, 6) is 0.393. The van der Waals surface area contributed by atoms with E-state index in [1.807, 2.05) is 61.5 Å². The molecule has 0 atom stereocenters.